The van der Waals surface area contributed by atoms with Crippen LogP contribution in [-0.4, -0.2) is 153 Å². The molecule has 0 spiro atoms. The SMILES string of the molecule is CCOc1cc(OC)ccc1CNCC(=O)N1CCCC(c2cccc(C(=O)N[C@@H](C(=O)NCCOCCNCC(=O)N3CCN(C(=O)c4cc(Cc5n[nH]c(=O)c6ccccc56)ccc4F)CC3)C3CCCCC3)c2)C1. The number of nitrogens with one attached hydrogen (secondary N) is 5. The Bertz CT molecular complexity index is 2900. The molecular weight excluding hydrogens is 986 g/mol. The molecule has 3 heterocycles. The number of fused-ring (bicyclic) bond motifs is 1. The van der Waals surface area contributed by atoms with Gasteiger partial charge in [0, 0.05) is 93.8 Å². The standard InChI is InChI=1S/C58H72FN9O9/c1-3-77-51-34-45(75-2)20-19-43(51)35-61-37-53(70)68-24-10-15-44(38-68)41-13-9-14-42(33-41)55(71)63-54(40-11-5-4-6-12-40)57(73)62-23-30-76-29-22-60-36-52(69)66-25-27-67(28-26-66)58(74)48-31-39(18-21-49(48)59)32-50-46-16-7-8-17-47(46)56(72)65-64-50/h7-9,13-14,16-21,31,33-34,40,44,54,60-61H,3-6,10-12,15,22-30,32,35-38H2,1-2H3,(H,62,73)(H,63,71)(H,65,72)/t44?,54-/m1/s1. The van der Waals surface area contributed by atoms with Gasteiger partial charge in [0.15, 0.2) is 0 Å². The zero-order valence-electron chi connectivity index (χ0n) is 44.2. The number of rotatable bonds is 23. The van der Waals surface area contributed by atoms with Crippen LogP contribution in [0.15, 0.2) is 89.7 Å². The molecule has 0 radical (unpaired) electrons. The summed E-state index contributed by atoms with van der Waals surface area (Å²) in [4.78, 5) is 85.0. The molecule has 4 aromatic carbocycles. The number of aromatic amines is 1. The molecule has 3 fully saturated rings. The van der Waals surface area contributed by atoms with Gasteiger partial charge in [0.1, 0.15) is 23.4 Å². The molecule has 0 bridgehead atoms. The number of hydrogen-bond donors (Lipinski definition) is 5. The fourth-order valence-electron chi connectivity index (χ4n) is 10.6. The van der Waals surface area contributed by atoms with Gasteiger partial charge in [0.05, 0.1) is 56.7 Å². The summed E-state index contributed by atoms with van der Waals surface area (Å²) in [5, 5.41) is 20.4. The summed E-state index contributed by atoms with van der Waals surface area (Å²) in [5.41, 5.74) is 3.31. The highest BCUT2D eigenvalue weighted by molar-refractivity contribution is 5.98. The quantitative estimate of drug-likeness (QED) is 0.0550. The Hall–Kier alpha value is -7.22. The van der Waals surface area contributed by atoms with Crippen LogP contribution < -0.4 is 36.3 Å². The molecule has 1 unspecified atom stereocenters. The Morgan fingerprint density at radius 1 is 0.779 bits per heavy atom. The van der Waals surface area contributed by atoms with Crippen LogP contribution in [0.1, 0.15) is 101 Å². The lowest BCUT2D eigenvalue weighted by atomic mass is 9.83. The maximum absolute atomic E-state index is 15.0. The zero-order valence-corrected chi connectivity index (χ0v) is 44.2. The maximum atomic E-state index is 15.0. The Morgan fingerprint density at radius 3 is 2.32 bits per heavy atom. The van der Waals surface area contributed by atoms with Crippen molar-refractivity contribution < 1.29 is 42.6 Å². The number of carbonyl (C=O) groups is 5. The lowest BCUT2D eigenvalue weighted by molar-refractivity contribution is -0.132. The van der Waals surface area contributed by atoms with E-state index in [-0.39, 0.29) is 92.3 Å². The van der Waals surface area contributed by atoms with Crippen molar-refractivity contribution in [2.45, 2.75) is 76.8 Å². The third kappa shape index (κ3) is 15.0. The predicted octanol–water partition coefficient (Wildman–Crippen LogP) is 4.94. The molecular formula is C58H72FN9O9. The first kappa shape index (κ1) is 56.0. The average Bonchev–Trinajstić information content (AvgIpc) is 3.47. The fraction of sp³-hybridized carbons (Fsp3) is 0.466. The summed E-state index contributed by atoms with van der Waals surface area (Å²) in [7, 11) is 1.61. The molecule has 2 saturated heterocycles. The van der Waals surface area contributed by atoms with Crippen molar-refractivity contribution in [3.8, 4) is 11.5 Å². The normalized spacial score (nSPS) is 16.5. The first-order valence-electron chi connectivity index (χ1n) is 27.1. The number of methoxy groups -OCH3 is 1. The van der Waals surface area contributed by atoms with Crippen molar-refractivity contribution in [3.05, 3.63) is 135 Å². The Labute approximate surface area is 448 Å². The minimum Gasteiger partial charge on any atom is -0.497 e. The van der Waals surface area contributed by atoms with E-state index in [1.807, 2.05) is 54.3 Å². The molecule has 19 heteroatoms. The predicted molar refractivity (Wildman–Crippen MR) is 289 cm³/mol. The molecule has 5 N–H and O–H groups in total. The topological polar surface area (TPSA) is 217 Å². The second kappa shape index (κ2) is 27.7. The second-order valence-electron chi connectivity index (χ2n) is 20.0. The number of piperidine rings is 1. The molecule has 410 valence electrons. The van der Waals surface area contributed by atoms with Gasteiger partial charge in [-0.15, -0.1) is 0 Å². The highest BCUT2D eigenvalue weighted by Crippen LogP contribution is 2.30. The van der Waals surface area contributed by atoms with Gasteiger partial charge in [-0.1, -0.05) is 61.7 Å². The summed E-state index contributed by atoms with van der Waals surface area (Å²) < 4.78 is 32.0. The highest BCUT2D eigenvalue weighted by Gasteiger charge is 2.32. The lowest BCUT2D eigenvalue weighted by Crippen LogP contribution is -2.52. The van der Waals surface area contributed by atoms with Crippen LogP contribution in [0, 0.1) is 11.7 Å². The van der Waals surface area contributed by atoms with Crippen LogP contribution in [-0.2, 0) is 32.1 Å². The van der Waals surface area contributed by atoms with E-state index in [1.54, 1.807) is 47.2 Å². The maximum Gasteiger partial charge on any atom is 0.272 e. The monoisotopic (exact) mass is 1060 g/mol. The number of H-pyrrole nitrogens is 1. The number of aromatic nitrogens is 2. The molecule has 5 aromatic rings. The number of nitrogens with zero attached hydrogens (tertiary/aromatic N) is 4. The average molecular weight is 1060 g/mol. The molecule has 1 aromatic heterocycles. The first-order chi connectivity index (χ1) is 37.5. The molecule has 1 saturated carbocycles. The Morgan fingerprint density at radius 2 is 1.53 bits per heavy atom. The van der Waals surface area contributed by atoms with Gasteiger partial charge in [-0.2, -0.15) is 5.10 Å². The summed E-state index contributed by atoms with van der Waals surface area (Å²) in [6.07, 6.45) is 6.78. The Balaban J connectivity index is 0.733. The number of piperazine rings is 1. The van der Waals surface area contributed by atoms with Crippen LogP contribution in [0.3, 0.4) is 0 Å². The van der Waals surface area contributed by atoms with Gasteiger partial charge in [-0.05, 0) is 86.1 Å². The number of likely N-dealkylation sites (tertiary alicyclic amines) is 1. The van der Waals surface area contributed by atoms with E-state index in [9.17, 15) is 28.8 Å². The number of halogens is 1. The van der Waals surface area contributed by atoms with Gasteiger partial charge >= 0.3 is 0 Å². The minimum atomic E-state index is -0.705. The van der Waals surface area contributed by atoms with E-state index in [0.29, 0.717) is 85.8 Å². The van der Waals surface area contributed by atoms with E-state index in [4.69, 9.17) is 14.2 Å². The highest BCUT2D eigenvalue weighted by atomic mass is 19.1. The minimum absolute atomic E-state index is 0.00414. The number of hydrogen-bond acceptors (Lipinski definition) is 12. The van der Waals surface area contributed by atoms with Gasteiger partial charge in [-0.25, -0.2) is 9.49 Å². The molecule has 1 aliphatic carbocycles. The zero-order chi connectivity index (χ0) is 54.1. The van der Waals surface area contributed by atoms with Crippen LogP contribution in [0.2, 0.25) is 0 Å². The summed E-state index contributed by atoms with van der Waals surface area (Å²) >= 11 is 0. The van der Waals surface area contributed by atoms with Crippen LogP contribution in [0.5, 0.6) is 11.5 Å². The van der Waals surface area contributed by atoms with Crippen molar-refractivity contribution in [1.29, 1.82) is 0 Å². The van der Waals surface area contributed by atoms with Gasteiger partial charge in [0.2, 0.25) is 17.7 Å². The summed E-state index contributed by atoms with van der Waals surface area (Å²) in [6.45, 7) is 6.67. The molecule has 5 amide bonds. The molecule has 18 nitrogen and oxygen atoms in total. The molecule has 2 atom stereocenters. The fourth-order valence-corrected chi connectivity index (χ4v) is 10.6. The van der Waals surface area contributed by atoms with Crippen LogP contribution in [0.4, 0.5) is 4.39 Å². The van der Waals surface area contributed by atoms with E-state index >= 15 is 4.39 Å². The van der Waals surface area contributed by atoms with Crippen molar-refractivity contribution in [2.24, 2.45) is 5.92 Å². The van der Waals surface area contributed by atoms with Crippen molar-refractivity contribution in [3.63, 3.8) is 0 Å². The van der Waals surface area contributed by atoms with Gasteiger partial charge in [-0.3, -0.25) is 28.8 Å². The number of benzene rings is 4. The van der Waals surface area contributed by atoms with E-state index in [2.05, 4.69) is 31.5 Å². The largest absolute Gasteiger partial charge is 0.497 e. The summed E-state index contributed by atoms with van der Waals surface area (Å²) in [5.74, 6) is -0.280. The van der Waals surface area contributed by atoms with Gasteiger partial charge < -0.3 is 50.2 Å². The third-order valence-corrected chi connectivity index (χ3v) is 14.8. The second-order valence-corrected chi connectivity index (χ2v) is 20.0. The molecule has 77 heavy (non-hydrogen) atoms. The van der Waals surface area contributed by atoms with Gasteiger partial charge in [0.25, 0.3) is 17.4 Å². The van der Waals surface area contributed by atoms with E-state index in [0.717, 1.165) is 61.8 Å². The number of ether oxygens (including phenoxy) is 3. The van der Waals surface area contributed by atoms with Crippen molar-refractivity contribution >= 4 is 40.3 Å². The number of amides is 5. The lowest BCUT2D eigenvalue weighted by Gasteiger charge is -2.35. The van der Waals surface area contributed by atoms with E-state index < -0.39 is 17.8 Å². The van der Waals surface area contributed by atoms with E-state index in [1.165, 1.54) is 12.1 Å². The molecule has 2 aliphatic heterocycles. The van der Waals surface area contributed by atoms with Crippen molar-refractivity contribution in [1.82, 2.24) is 46.2 Å². The van der Waals surface area contributed by atoms with Crippen LogP contribution in [0.25, 0.3) is 10.8 Å². The molecule has 8 rings (SSSR count). The van der Waals surface area contributed by atoms with Crippen LogP contribution >= 0.6 is 0 Å². The first-order valence-corrected chi connectivity index (χ1v) is 27.1. The smallest absolute Gasteiger partial charge is 0.272 e. The van der Waals surface area contributed by atoms with Crippen molar-refractivity contribution in [2.75, 3.05) is 92.4 Å². The third-order valence-electron chi connectivity index (χ3n) is 14.8. The molecule has 3 aliphatic rings. The number of carbonyl (C=O) groups excluding carboxylic acids is 5. The summed E-state index contributed by atoms with van der Waals surface area (Å²) in [6, 6.07) is 24.0. The Kier molecular flexibility index (Phi) is 20.2.